The van der Waals surface area contributed by atoms with E-state index in [2.05, 4.69) is 6.58 Å². The summed E-state index contributed by atoms with van der Waals surface area (Å²) in [6, 6.07) is 12.9. The summed E-state index contributed by atoms with van der Waals surface area (Å²) in [7, 11) is 0. The molecule has 98 valence electrons. The molecule has 0 amide bonds. The zero-order chi connectivity index (χ0) is 14.3. The van der Waals surface area contributed by atoms with Crippen LogP contribution in [0.4, 0.5) is 0 Å². The fourth-order valence-electron chi connectivity index (χ4n) is 1.33. The third-order valence-electron chi connectivity index (χ3n) is 2.28. The molecule has 0 bridgehead atoms. The summed E-state index contributed by atoms with van der Waals surface area (Å²) in [6.07, 6.45) is 1.41. The minimum Gasteiger partial charge on any atom is -0.507 e. The van der Waals surface area contributed by atoms with E-state index in [1.54, 1.807) is 36.4 Å². The zero-order valence-corrected chi connectivity index (χ0v) is 10.2. The van der Waals surface area contributed by atoms with Crippen LogP contribution in [0.25, 0.3) is 6.08 Å². The third kappa shape index (κ3) is 4.20. The molecule has 0 spiro atoms. The average molecular weight is 258 g/mol. The van der Waals surface area contributed by atoms with Crippen LogP contribution in [0.5, 0.6) is 11.5 Å². The van der Waals surface area contributed by atoms with Crippen molar-refractivity contribution in [2.45, 2.75) is 0 Å². The number of carboxylic acid groups (broad SMARTS) is 1. The van der Waals surface area contributed by atoms with Gasteiger partial charge in [0.25, 0.3) is 0 Å². The topological polar surface area (TPSA) is 77.8 Å². The largest absolute Gasteiger partial charge is 0.507 e. The molecule has 0 aliphatic rings. The summed E-state index contributed by atoms with van der Waals surface area (Å²) in [5, 5.41) is 26.5. The number of phenols is 2. The third-order valence-corrected chi connectivity index (χ3v) is 2.28. The molecule has 0 saturated heterocycles. The Morgan fingerprint density at radius 1 is 0.947 bits per heavy atom. The van der Waals surface area contributed by atoms with Crippen molar-refractivity contribution in [3.8, 4) is 11.5 Å². The Hall–Kier alpha value is -2.75. The van der Waals surface area contributed by atoms with E-state index in [1.165, 1.54) is 18.2 Å². The summed E-state index contributed by atoms with van der Waals surface area (Å²) in [5.74, 6) is -0.777. The van der Waals surface area contributed by atoms with Crippen LogP contribution >= 0.6 is 0 Å². The summed E-state index contributed by atoms with van der Waals surface area (Å²) < 4.78 is 0. The summed E-state index contributed by atoms with van der Waals surface area (Å²) in [5.41, 5.74) is 0.708. The average Bonchev–Trinajstić information content (AvgIpc) is 2.41. The standard InChI is InChI=1S/C8H8O2.C7H6O2/c1-2-6-7(9)4-3-5-8(6)10;8-7(9)6-4-2-1-3-5-6/h2-5,9-10H,1H2;1-5H,(H,8,9). The highest BCUT2D eigenvalue weighted by Crippen LogP contribution is 2.26. The minimum absolute atomic E-state index is 0.0509. The van der Waals surface area contributed by atoms with Gasteiger partial charge in [-0.1, -0.05) is 36.9 Å². The first-order valence-corrected chi connectivity index (χ1v) is 5.48. The molecule has 2 aromatic carbocycles. The van der Waals surface area contributed by atoms with E-state index in [-0.39, 0.29) is 11.5 Å². The molecule has 0 aromatic heterocycles. The molecule has 0 fully saturated rings. The molecule has 3 N–H and O–H groups in total. The first-order chi connectivity index (χ1) is 9.06. The lowest BCUT2D eigenvalue weighted by Gasteiger charge is -1.99. The molecule has 0 atom stereocenters. The molecule has 0 aliphatic heterocycles. The fourth-order valence-corrected chi connectivity index (χ4v) is 1.33. The minimum atomic E-state index is -0.879. The number of hydrogen-bond acceptors (Lipinski definition) is 3. The first-order valence-electron chi connectivity index (χ1n) is 5.48. The van der Waals surface area contributed by atoms with E-state index >= 15 is 0 Å². The number of phenolic OH excluding ortho intramolecular Hbond substituents is 2. The molecule has 0 radical (unpaired) electrons. The number of benzene rings is 2. The van der Waals surface area contributed by atoms with Crippen LogP contribution < -0.4 is 0 Å². The predicted octanol–water partition coefficient (Wildman–Crippen LogP) is 3.13. The second-order valence-electron chi connectivity index (χ2n) is 3.59. The van der Waals surface area contributed by atoms with Gasteiger partial charge < -0.3 is 15.3 Å². The van der Waals surface area contributed by atoms with Crippen molar-refractivity contribution in [3.63, 3.8) is 0 Å². The van der Waals surface area contributed by atoms with E-state index in [0.29, 0.717) is 11.1 Å². The van der Waals surface area contributed by atoms with E-state index in [0.717, 1.165) is 0 Å². The van der Waals surface area contributed by atoms with Crippen LogP contribution in [0.3, 0.4) is 0 Å². The second kappa shape index (κ2) is 6.86. The van der Waals surface area contributed by atoms with E-state index in [1.807, 2.05) is 0 Å². The van der Waals surface area contributed by atoms with Gasteiger partial charge in [0.15, 0.2) is 0 Å². The number of aromatic carboxylic acids is 1. The molecule has 0 saturated carbocycles. The highest BCUT2D eigenvalue weighted by molar-refractivity contribution is 5.87. The Bertz CT molecular complexity index is 541. The number of hydrogen-bond donors (Lipinski definition) is 3. The SMILES string of the molecule is C=Cc1c(O)cccc1O.O=C(O)c1ccccc1. The van der Waals surface area contributed by atoms with E-state index < -0.39 is 5.97 Å². The molecular formula is C15H14O4. The van der Waals surface area contributed by atoms with Crippen molar-refractivity contribution < 1.29 is 20.1 Å². The smallest absolute Gasteiger partial charge is 0.335 e. The second-order valence-corrected chi connectivity index (χ2v) is 3.59. The number of aromatic hydroxyl groups is 2. The molecule has 19 heavy (non-hydrogen) atoms. The van der Waals surface area contributed by atoms with Gasteiger partial charge >= 0.3 is 5.97 Å². The van der Waals surface area contributed by atoms with Crippen molar-refractivity contribution >= 4 is 12.0 Å². The zero-order valence-electron chi connectivity index (χ0n) is 10.2. The van der Waals surface area contributed by atoms with E-state index in [4.69, 9.17) is 15.3 Å². The fraction of sp³-hybridized carbons (Fsp3) is 0. The Labute approximate surface area is 110 Å². The van der Waals surface area contributed by atoms with Crippen molar-refractivity contribution in [2.75, 3.05) is 0 Å². The molecular weight excluding hydrogens is 244 g/mol. The van der Waals surface area contributed by atoms with Gasteiger partial charge in [-0.15, -0.1) is 0 Å². The van der Waals surface area contributed by atoms with Gasteiger partial charge in [0.05, 0.1) is 11.1 Å². The molecule has 4 heteroatoms. The van der Waals surface area contributed by atoms with Gasteiger partial charge in [-0.2, -0.15) is 0 Å². The Balaban J connectivity index is 0.000000191. The van der Waals surface area contributed by atoms with Crippen molar-refractivity contribution in [3.05, 3.63) is 66.2 Å². The molecule has 2 aromatic rings. The molecule has 0 unspecified atom stereocenters. The Morgan fingerprint density at radius 3 is 1.79 bits per heavy atom. The van der Waals surface area contributed by atoms with Crippen LogP contribution in [0.15, 0.2) is 55.1 Å². The first kappa shape index (κ1) is 14.3. The highest BCUT2D eigenvalue weighted by atomic mass is 16.4. The lowest BCUT2D eigenvalue weighted by Crippen LogP contribution is -1.93. The monoisotopic (exact) mass is 258 g/mol. The molecule has 0 aliphatic carbocycles. The van der Waals surface area contributed by atoms with Gasteiger partial charge in [-0.3, -0.25) is 0 Å². The van der Waals surface area contributed by atoms with Gasteiger partial charge in [0, 0.05) is 0 Å². The molecule has 2 rings (SSSR count). The summed E-state index contributed by atoms with van der Waals surface area (Å²) in [6.45, 7) is 3.43. The van der Waals surface area contributed by atoms with Crippen LogP contribution in [-0.4, -0.2) is 21.3 Å². The molecule has 0 heterocycles. The Kier molecular flexibility index (Phi) is 5.17. The van der Waals surface area contributed by atoms with Crippen LogP contribution in [0.2, 0.25) is 0 Å². The van der Waals surface area contributed by atoms with Crippen molar-refractivity contribution in [1.29, 1.82) is 0 Å². The maximum Gasteiger partial charge on any atom is 0.335 e. The number of rotatable bonds is 2. The molecule has 4 nitrogen and oxygen atoms in total. The lowest BCUT2D eigenvalue weighted by molar-refractivity contribution is 0.0697. The van der Waals surface area contributed by atoms with Gasteiger partial charge in [-0.05, 0) is 24.3 Å². The summed E-state index contributed by atoms with van der Waals surface area (Å²) >= 11 is 0. The Morgan fingerprint density at radius 2 is 1.47 bits per heavy atom. The maximum atomic E-state index is 10.2. The predicted molar refractivity (Wildman–Crippen MR) is 73.3 cm³/mol. The normalized spacial score (nSPS) is 9.05. The van der Waals surface area contributed by atoms with Crippen LogP contribution in [0, 0.1) is 0 Å². The summed E-state index contributed by atoms with van der Waals surface area (Å²) in [4.78, 5) is 10.2. The number of carboxylic acids is 1. The number of carbonyl (C=O) groups is 1. The van der Waals surface area contributed by atoms with Crippen LogP contribution in [0.1, 0.15) is 15.9 Å². The van der Waals surface area contributed by atoms with Gasteiger partial charge in [0.1, 0.15) is 11.5 Å². The lowest BCUT2D eigenvalue weighted by atomic mass is 10.2. The van der Waals surface area contributed by atoms with E-state index in [9.17, 15) is 4.79 Å². The van der Waals surface area contributed by atoms with Crippen LogP contribution in [-0.2, 0) is 0 Å². The maximum absolute atomic E-state index is 10.2. The van der Waals surface area contributed by atoms with Gasteiger partial charge in [0.2, 0.25) is 0 Å². The van der Waals surface area contributed by atoms with Gasteiger partial charge in [-0.25, -0.2) is 4.79 Å². The van der Waals surface area contributed by atoms with Crippen molar-refractivity contribution in [2.24, 2.45) is 0 Å². The highest BCUT2D eigenvalue weighted by Gasteiger charge is 1.99. The quantitative estimate of drug-likeness (QED) is 0.773. The van der Waals surface area contributed by atoms with Crippen molar-refractivity contribution in [1.82, 2.24) is 0 Å².